The molecule has 1 aliphatic rings. The second-order valence-electron chi connectivity index (χ2n) is 6.14. The first-order chi connectivity index (χ1) is 11.3. The summed E-state index contributed by atoms with van der Waals surface area (Å²) in [6, 6.07) is 7.80. The molecule has 120 valence electrons. The normalized spacial score (nSPS) is 21.7. The summed E-state index contributed by atoms with van der Waals surface area (Å²) >= 11 is 0. The van der Waals surface area contributed by atoms with Gasteiger partial charge in [-0.05, 0) is 49.8 Å². The van der Waals surface area contributed by atoms with Crippen molar-refractivity contribution in [1.82, 2.24) is 9.97 Å². The summed E-state index contributed by atoms with van der Waals surface area (Å²) in [7, 11) is 0. The van der Waals surface area contributed by atoms with Crippen LogP contribution >= 0.6 is 0 Å². The first kappa shape index (κ1) is 15.6. The fourth-order valence-electron chi connectivity index (χ4n) is 3.09. The predicted octanol–water partition coefficient (Wildman–Crippen LogP) is 2.38. The number of nitrogens with zero attached hydrogens (tertiary/aromatic N) is 3. The Morgan fingerprint density at radius 3 is 2.74 bits per heavy atom. The van der Waals surface area contributed by atoms with Crippen molar-refractivity contribution >= 4 is 22.8 Å². The Labute approximate surface area is 136 Å². The molecule has 23 heavy (non-hydrogen) atoms. The molecule has 1 aromatic carbocycles. The minimum absolute atomic E-state index is 0.685. The molecule has 0 saturated heterocycles. The molecule has 0 radical (unpaired) electrons. The predicted molar refractivity (Wildman–Crippen MR) is 94.9 cm³/mol. The van der Waals surface area contributed by atoms with Gasteiger partial charge in [-0.25, -0.2) is 4.98 Å². The summed E-state index contributed by atoms with van der Waals surface area (Å²) < 4.78 is 0. The highest BCUT2D eigenvalue weighted by Crippen LogP contribution is 2.35. The fourth-order valence-corrected chi connectivity index (χ4v) is 3.09. The standard InChI is InChI=1S/C18H23N5/c19-6-5-13-7-14(8-13)10-21-11-15(9-20)18-12-22-16-3-1-2-4-17(16)23-18/h1-4,9,11-14H,5-8,10,19-20H2. The maximum atomic E-state index is 5.74. The third kappa shape index (κ3) is 3.74. The van der Waals surface area contributed by atoms with Crippen molar-refractivity contribution in [3.8, 4) is 0 Å². The second-order valence-corrected chi connectivity index (χ2v) is 6.14. The lowest BCUT2D eigenvalue weighted by molar-refractivity contribution is 0.192. The van der Waals surface area contributed by atoms with E-state index in [1.807, 2.05) is 30.5 Å². The largest absolute Gasteiger partial charge is 0.404 e. The average molecular weight is 309 g/mol. The molecule has 0 amide bonds. The van der Waals surface area contributed by atoms with Crippen LogP contribution in [0.4, 0.5) is 0 Å². The van der Waals surface area contributed by atoms with E-state index in [-0.39, 0.29) is 0 Å². The molecule has 4 N–H and O–H groups in total. The number of para-hydroxylation sites is 2. The van der Waals surface area contributed by atoms with E-state index >= 15 is 0 Å². The molecule has 0 aliphatic heterocycles. The van der Waals surface area contributed by atoms with Gasteiger partial charge < -0.3 is 11.5 Å². The molecular weight excluding hydrogens is 286 g/mol. The van der Waals surface area contributed by atoms with Crippen molar-refractivity contribution in [2.24, 2.45) is 28.3 Å². The second kappa shape index (κ2) is 7.33. The zero-order chi connectivity index (χ0) is 16.1. The van der Waals surface area contributed by atoms with Gasteiger partial charge in [-0.1, -0.05) is 12.1 Å². The Morgan fingerprint density at radius 1 is 1.22 bits per heavy atom. The van der Waals surface area contributed by atoms with Crippen LogP contribution < -0.4 is 11.5 Å². The number of benzene rings is 1. The van der Waals surface area contributed by atoms with Crippen LogP contribution in [-0.4, -0.2) is 29.3 Å². The summed E-state index contributed by atoms with van der Waals surface area (Å²) in [4.78, 5) is 13.6. The molecule has 5 heteroatoms. The van der Waals surface area contributed by atoms with Crippen LogP contribution in [0.25, 0.3) is 16.6 Å². The van der Waals surface area contributed by atoms with E-state index < -0.39 is 0 Å². The first-order valence-electron chi connectivity index (χ1n) is 8.14. The SMILES string of the molecule is NC=C(C=NCC1CC(CCN)C1)c1cnc2ccccc2n1. The number of allylic oxidation sites excluding steroid dienone is 1. The lowest BCUT2D eigenvalue weighted by Gasteiger charge is -2.34. The summed E-state index contributed by atoms with van der Waals surface area (Å²) in [6.07, 6.45) is 8.72. The molecule has 3 rings (SSSR count). The highest BCUT2D eigenvalue weighted by molar-refractivity contribution is 6.09. The van der Waals surface area contributed by atoms with E-state index in [1.54, 1.807) is 12.4 Å². The molecule has 0 bridgehead atoms. The van der Waals surface area contributed by atoms with Crippen LogP contribution in [0.5, 0.6) is 0 Å². The Bertz CT molecular complexity index is 716. The van der Waals surface area contributed by atoms with E-state index in [0.717, 1.165) is 47.7 Å². The van der Waals surface area contributed by atoms with Crippen LogP contribution in [0.15, 0.2) is 41.7 Å². The topological polar surface area (TPSA) is 90.2 Å². The van der Waals surface area contributed by atoms with Gasteiger partial charge >= 0.3 is 0 Å². The van der Waals surface area contributed by atoms with Crippen LogP contribution in [-0.2, 0) is 0 Å². The van der Waals surface area contributed by atoms with Crippen molar-refractivity contribution < 1.29 is 0 Å². The number of aromatic nitrogens is 2. The molecule has 2 aromatic rings. The molecule has 0 unspecified atom stereocenters. The number of hydrogen-bond acceptors (Lipinski definition) is 5. The van der Waals surface area contributed by atoms with Gasteiger partial charge in [0.15, 0.2) is 0 Å². The molecule has 1 saturated carbocycles. The number of nitrogens with two attached hydrogens (primary N) is 2. The van der Waals surface area contributed by atoms with Gasteiger partial charge in [-0.2, -0.15) is 0 Å². The van der Waals surface area contributed by atoms with Crippen LogP contribution in [0, 0.1) is 11.8 Å². The Balaban J connectivity index is 1.62. The van der Waals surface area contributed by atoms with Gasteiger partial charge in [0.25, 0.3) is 0 Å². The Morgan fingerprint density at radius 2 is 2.00 bits per heavy atom. The number of fused-ring (bicyclic) bond motifs is 1. The molecular formula is C18H23N5. The highest BCUT2D eigenvalue weighted by Gasteiger charge is 2.27. The van der Waals surface area contributed by atoms with Crippen LogP contribution in [0.1, 0.15) is 25.0 Å². The fraction of sp³-hybridized carbons (Fsp3) is 0.389. The van der Waals surface area contributed by atoms with Crippen LogP contribution in [0.3, 0.4) is 0 Å². The van der Waals surface area contributed by atoms with Gasteiger partial charge in [0.05, 0.1) is 22.9 Å². The zero-order valence-electron chi connectivity index (χ0n) is 13.2. The minimum atomic E-state index is 0.685. The molecule has 0 spiro atoms. The molecule has 1 fully saturated rings. The Kier molecular flexibility index (Phi) is 4.98. The molecule has 0 atom stereocenters. The van der Waals surface area contributed by atoms with Crippen LogP contribution in [0.2, 0.25) is 0 Å². The maximum Gasteiger partial charge on any atom is 0.0922 e. The third-order valence-corrected chi connectivity index (χ3v) is 4.43. The summed E-state index contributed by atoms with van der Waals surface area (Å²) in [5, 5.41) is 0. The quantitative estimate of drug-likeness (QED) is 0.802. The zero-order valence-corrected chi connectivity index (χ0v) is 13.2. The molecule has 5 nitrogen and oxygen atoms in total. The lowest BCUT2D eigenvalue weighted by Crippen LogP contribution is -2.27. The molecule has 1 aromatic heterocycles. The minimum Gasteiger partial charge on any atom is -0.404 e. The van der Waals surface area contributed by atoms with Crippen molar-refractivity contribution in [3.63, 3.8) is 0 Å². The van der Waals surface area contributed by atoms with Crippen molar-refractivity contribution in [2.75, 3.05) is 13.1 Å². The monoisotopic (exact) mass is 309 g/mol. The first-order valence-corrected chi connectivity index (χ1v) is 8.14. The van der Waals surface area contributed by atoms with Gasteiger partial charge in [0.2, 0.25) is 0 Å². The van der Waals surface area contributed by atoms with E-state index in [9.17, 15) is 0 Å². The number of hydrogen-bond donors (Lipinski definition) is 2. The maximum absolute atomic E-state index is 5.74. The van der Waals surface area contributed by atoms with E-state index in [4.69, 9.17) is 11.5 Å². The van der Waals surface area contributed by atoms with Crippen molar-refractivity contribution in [3.05, 3.63) is 42.4 Å². The van der Waals surface area contributed by atoms with E-state index in [2.05, 4.69) is 15.0 Å². The number of aliphatic imine (C=N–C) groups is 1. The molecule has 1 aliphatic carbocycles. The average Bonchev–Trinajstić information content (AvgIpc) is 2.55. The van der Waals surface area contributed by atoms with E-state index in [0.29, 0.717) is 5.92 Å². The van der Waals surface area contributed by atoms with Crippen molar-refractivity contribution in [2.45, 2.75) is 19.3 Å². The van der Waals surface area contributed by atoms with Gasteiger partial charge in [-0.3, -0.25) is 9.98 Å². The highest BCUT2D eigenvalue weighted by atomic mass is 14.8. The van der Waals surface area contributed by atoms with Gasteiger partial charge in [-0.15, -0.1) is 0 Å². The lowest BCUT2D eigenvalue weighted by atomic mass is 9.73. The van der Waals surface area contributed by atoms with E-state index in [1.165, 1.54) is 12.8 Å². The summed E-state index contributed by atoms with van der Waals surface area (Å²) in [5.41, 5.74) is 14.6. The van der Waals surface area contributed by atoms with Gasteiger partial charge in [0.1, 0.15) is 0 Å². The van der Waals surface area contributed by atoms with Gasteiger partial charge in [0, 0.05) is 24.5 Å². The smallest absolute Gasteiger partial charge is 0.0922 e. The number of rotatable bonds is 6. The summed E-state index contributed by atoms with van der Waals surface area (Å²) in [5.74, 6) is 1.49. The van der Waals surface area contributed by atoms with Crippen molar-refractivity contribution in [1.29, 1.82) is 0 Å². The third-order valence-electron chi connectivity index (χ3n) is 4.43. The Hall–Kier alpha value is -2.27. The molecule has 1 heterocycles. The summed E-state index contributed by atoms with van der Waals surface area (Å²) in [6.45, 7) is 1.64.